The van der Waals surface area contributed by atoms with E-state index < -0.39 is 0 Å². The van der Waals surface area contributed by atoms with Crippen LogP contribution >= 0.6 is 11.6 Å². The van der Waals surface area contributed by atoms with Gasteiger partial charge in [-0.2, -0.15) is 0 Å². The van der Waals surface area contributed by atoms with Gasteiger partial charge in [-0.05, 0) is 18.6 Å². The first-order valence-electron chi connectivity index (χ1n) is 6.69. The van der Waals surface area contributed by atoms with Crippen molar-refractivity contribution in [2.45, 2.75) is 19.4 Å². The first-order chi connectivity index (χ1) is 10.1. The maximum Gasteiger partial charge on any atom is 0.203 e. The third-order valence-corrected chi connectivity index (χ3v) is 4.42. The molecule has 2 aromatic rings. The van der Waals surface area contributed by atoms with Gasteiger partial charge in [-0.1, -0.05) is 11.6 Å². The van der Waals surface area contributed by atoms with Crippen LogP contribution in [0.1, 0.15) is 28.3 Å². The van der Waals surface area contributed by atoms with Crippen molar-refractivity contribution >= 4 is 11.6 Å². The molecule has 4 rings (SSSR count). The minimum Gasteiger partial charge on any atom is -0.503 e. The van der Waals surface area contributed by atoms with Crippen LogP contribution in [0.3, 0.4) is 0 Å². The van der Waals surface area contributed by atoms with Crippen molar-refractivity contribution in [2.75, 3.05) is 6.54 Å². The Balaban J connectivity index is 2.03. The average molecular weight is 305 g/mol. The Morgan fingerprint density at radius 1 is 1.33 bits per heavy atom. The highest BCUT2D eigenvalue weighted by Crippen LogP contribution is 2.54. The summed E-state index contributed by atoms with van der Waals surface area (Å²) in [6, 6.07) is 1.66. The summed E-state index contributed by atoms with van der Waals surface area (Å²) >= 11 is 5.99. The molecule has 0 saturated carbocycles. The van der Waals surface area contributed by atoms with E-state index in [-0.39, 0.29) is 28.2 Å². The molecule has 0 amide bonds. The Morgan fingerprint density at radius 2 is 2.14 bits per heavy atom. The molecule has 3 N–H and O–H groups in total. The van der Waals surface area contributed by atoms with Gasteiger partial charge in [-0.15, -0.1) is 0 Å². The number of aromatic hydroxyl groups is 2. The fourth-order valence-corrected chi connectivity index (χ4v) is 3.32. The van der Waals surface area contributed by atoms with Crippen molar-refractivity contribution in [1.29, 1.82) is 0 Å². The van der Waals surface area contributed by atoms with Crippen LogP contribution in [0.4, 0.5) is 0 Å². The van der Waals surface area contributed by atoms with Gasteiger partial charge >= 0.3 is 0 Å². The van der Waals surface area contributed by atoms with Gasteiger partial charge in [0.05, 0.1) is 10.7 Å². The van der Waals surface area contributed by atoms with Crippen molar-refractivity contribution in [3.63, 3.8) is 0 Å². The van der Waals surface area contributed by atoms with E-state index in [0.717, 1.165) is 35.5 Å². The lowest BCUT2D eigenvalue weighted by Crippen LogP contribution is -2.31. The number of aryl methyl sites for hydroxylation is 1. The number of hydrogen-bond donors (Lipinski definition) is 3. The molecular formula is C15H13ClN2O3. The summed E-state index contributed by atoms with van der Waals surface area (Å²) in [5.74, 6) is 0.282. The Hall–Kier alpha value is -1.98. The number of aromatic nitrogens is 1. The van der Waals surface area contributed by atoms with Gasteiger partial charge in [0, 0.05) is 36.3 Å². The van der Waals surface area contributed by atoms with Crippen molar-refractivity contribution < 1.29 is 14.9 Å². The molecule has 0 aliphatic carbocycles. The largest absolute Gasteiger partial charge is 0.503 e. The molecule has 108 valence electrons. The summed E-state index contributed by atoms with van der Waals surface area (Å²) in [6.07, 6.45) is 1.85. The second-order valence-electron chi connectivity index (χ2n) is 5.37. The monoisotopic (exact) mass is 304 g/mol. The standard InChI is InChI=1S/C15H13ClN2O3/c1-6-14-11-7(4-18-6)3-17-5-9(11)8-2-10(16)12(19)13(20)15(8)21-14/h2,4,9,17,19-20H,3,5H2,1H3. The maximum absolute atomic E-state index is 10.1. The van der Waals surface area contributed by atoms with E-state index in [1.165, 1.54) is 0 Å². The molecule has 1 unspecified atom stereocenters. The lowest BCUT2D eigenvalue weighted by molar-refractivity contribution is 0.355. The number of ether oxygens (including phenoxy) is 1. The van der Waals surface area contributed by atoms with E-state index in [2.05, 4.69) is 10.3 Å². The second kappa shape index (κ2) is 4.26. The normalized spacial score (nSPS) is 18.7. The molecule has 1 aromatic carbocycles. The summed E-state index contributed by atoms with van der Waals surface area (Å²) in [6.45, 7) is 3.33. The molecule has 0 radical (unpaired) electrons. The molecular weight excluding hydrogens is 292 g/mol. The molecule has 21 heavy (non-hydrogen) atoms. The van der Waals surface area contributed by atoms with E-state index >= 15 is 0 Å². The van der Waals surface area contributed by atoms with E-state index in [0.29, 0.717) is 5.75 Å². The van der Waals surface area contributed by atoms with Gasteiger partial charge in [0.2, 0.25) is 5.75 Å². The number of nitrogens with zero attached hydrogens (tertiary/aromatic N) is 1. The van der Waals surface area contributed by atoms with E-state index in [9.17, 15) is 10.2 Å². The van der Waals surface area contributed by atoms with Crippen LogP contribution in [0.2, 0.25) is 5.02 Å². The highest BCUT2D eigenvalue weighted by molar-refractivity contribution is 6.32. The van der Waals surface area contributed by atoms with Crippen LogP contribution in [0.25, 0.3) is 0 Å². The molecule has 0 saturated heterocycles. The summed E-state index contributed by atoms with van der Waals surface area (Å²) in [7, 11) is 0. The van der Waals surface area contributed by atoms with Crippen LogP contribution in [0.15, 0.2) is 12.3 Å². The second-order valence-corrected chi connectivity index (χ2v) is 5.78. The highest BCUT2D eigenvalue weighted by atomic mass is 35.5. The van der Waals surface area contributed by atoms with E-state index in [1.54, 1.807) is 6.07 Å². The SMILES string of the molecule is Cc1ncc2c3c1Oc1c(cc(Cl)c(O)c1O)C3CNC2. The number of phenolic OH excluding ortho intramolecular Hbond substituents is 2. The first-order valence-corrected chi connectivity index (χ1v) is 7.07. The zero-order valence-corrected chi connectivity index (χ0v) is 12.0. The molecule has 2 aliphatic heterocycles. The molecule has 1 atom stereocenters. The summed E-state index contributed by atoms with van der Waals surface area (Å²) < 4.78 is 5.86. The number of phenols is 2. The zero-order chi connectivity index (χ0) is 14.7. The van der Waals surface area contributed by atoms with Gasteiger partial charge in [0.15, 0.2) is 17.2 Å². The van der Waals surface area contributed by atoms with Gasteiger partial charge < -0.3 is 20.3 Å². The minimum atomic E-state index is -0.357. The molecule has 6 heteroatoms. The number of benzene rings is 1. The van der Waals surface area contributed by atoms with Gasteiger partial charge in [0.25, 0.3) is 0 Å². The average Bonchev–Trinajstić information content (AvgIpc) is 2.49. The molecule has 0 bridgehead atoms. The predicted octanol–water partition coefficient (Wildman–Crippen LogP) is 2.80. The van der Waals surface area contributed by atoms with Crippen LogP contribution in [-0.2, 0) is 6.54 Å². The Kier molecular flexibility index (Phi) is 2.58. The van der Waals surface area contributed by atoms with Crippen molar-refractivity contribution in [3.8, 4) is 23.0 Å². The zero-order valence-electron chi connectivity index (χ0n) is 11.3. The number of hydrogen-bond acceptors (Lipinski definition) is 5. The number of fused-ring (bicyclic) bond motifs is 2. The van der Waals surface area contributed by atoms with Crippen LogP contribution in [-0.4, -0.2) is 21.7 Å². The van der Waals surface area contributed by atoms with Crippen LogP contribution in [0, 0.1) is 6.92 Å². The fraction of sp³-hybridized carbons (Fsp3) is 0.267. The number of pyridine rings is 1. The Labute approximate surface area is 126 Å². The van der Waals surface area contributed by atoms with Gasteiger partial charge in [-0.25, -0.2) is 0 Å². The molecule has 1 aromatic heterocycles. The minimum absolute atomic E-state index is 0.0261. The number of rotatable bonds is 0. The summed E-state index contributed by atoms with van der Waals surface area (Å²) in [4.78, 5) is 4.34. The highest BCUT2D eigenvalue weighted by Gasteiger charge is 2.36. The third kappa shape index (κ3) is 1.65. The molecule has 5 nitrogen and oxygen atoms in total. The van der Waals surface area contributed by atoms with Crippen molar-refractivity contribution in [3.05, 3.63) is 39.7 Å². The first kappa shape index (κ1) is 12.7. The fourth-order valence-electron chi connectivity index (χ4n) is 3.11. The summed E-state index contributed by atoms with van der Waals surface area (Å²) in [5.41, 5.74) is 3.72. The van der Waals surface area contributed by atoms with E-state index in [1.807, 2.05) is 13.1 Å². The summed E-state index contributed by atoms with van der Waals surface area (Å²) in [5, 5.41) is 23.4. The topological polar surface area (TPSA) is 74.6 Å². The number of nitrogens with one attached hydrogen (secondary N) is 1. The third-order valence-electron chi connectivity index (χ3n) is 4.14. The smallest absolute Gasteiger partial charge is 0.203 e. The van der Waals surface area contributed by atoms with Gasteiger partial charge in [0.1, 0.15) is 0 Å². The van der Waals surface area contributed by atoms with Crippen molar-refractivity contribution in [1.82, 2.24) is 10.3 Å². The van der Waals surface area contributed by atoms with Crippen LogP contribution in [0.5, 0.6) is 23.0 Å². The van der Waals surface area contributed by atoms with E-state index in [4.69, 9.17) is 16.3 Å². The predicted molar refractivity (Wildman–Crippen MR) is 77.4 cm³/mol. The van der Waals surface area contributed by atoms with Gasteiger partial charge in [-0.3, -0.25) is 4.98 Å². The molecule has 2 aliphatic rings. The molecule has 0 fully saturated rings. The Morgan fingerprint density at radius 3 is 2.95 bits per heavy atom. The lowest BCUT2D eigenvalue weighted by Gasteiger charge is -2.34. The molecule has 3 heterocycles. The van der Waals surface area contributed by atoms with Crippen LogP contribution < -0.4 is 10.1 Å². The maximum atomic E-state index is 10.1. The quantitative estimate of drug-likeness (QED) is 0.653. The molecule has 0 spiro atoms. The van der Waals surface area contributed by atoms with Crippen molar-refractivity contribution in [2.24, 2.45) is 0 Å². The number of halogens is 1. The Bertz CT molecular complexity index is 776. The lowest BCUT2D eigenvalue weighted by atomic mass is 9.83.